The van der Waals surface area contributed by atoms with Gasteiger partial charge in [0.25, 0.3) is 0 Å². The van der Waals surface area contributed by atoms with Crippen molar-refractivity contribution in [3.63, 3.8) is 0 Å². The first-order valence-corrected chi connectivity index (χ1v) is 6.40. The van der Waals surface area contributed by atoms with E-state index in [1.807, 2.05) is 43.3 Å². The van der Waals surface area contributed by atoms with Crippen LogP contribution in [0.1, 0.15) is 19.3 Å². The third kappa shape index (κ3) is 3.01. The van der Waals surface area contributed by atoms with Crippen LogP contribution in [0.15, 0.2) is 24.3 Å². The van der Waals surface area contributed by atoms with Gasteiger partial charge >= 0.3 is 0 Å². The van der Waals surface area contributed by atoms with E-state index < -0.39 is 0 Å². The number of nitrogens with one attached hydrogen (secondary N) is 1. The molecule has 1 aromatic rings. The van der Waals surface area contributed by atoms with Crippen LogP contribution in [0.5, 0.6) is 0 Å². The molecule has 2 unspecified atom stereocenters. The summed E-state index contributed by atoms with van der Waals surface area (Å²) >= 11 is 0. The van der Waals surface area contributed by atoms with Gasteiger partial charge < -0.3 is 16.0 Å². The van der Waals surface area contributed by atoms with Crippen LogP contribution in [0, 0.1) is 5.92 Å². The minimum absolute atomic E-state index is 0.0773. The summed E-state index contributed by atoms with van der Waals surface area (Å²) in [6.07, 6.45) is 2.67. The van der Waals surface area contributed by atoms with E-state index in [9.17, 15) is 4.79 Å². The van der Waals surface area contributed by atoms with Gasteiger partial charge in [0.2, 0.25) is 5.91 Å². The summed E-state index contributed by atoms with van der Waals surface area (Å²) in [7, 11) is 3.99. The molecule has 3 N–H and O–H groups in total. The van der Waals surface area contributed by atoms with Crippen molar-refractivity contribution in [3.8, 4) is 0 Å². The fourth-order valence-electron chi connectivity index (χ4n) is 2.34. The van der Waals surface area contributed by atoms with Crippen LogP contribution in [-0.2, 0) is 4.79 Å². The third-order valence-corrected chi connectivity index (χ3v) is 3.50. The van der Waals surface area contributed by atoms with Crippen molar-refractivity contribution in [2.45, 2.75) is 25.3 Å². The summed E-state index contributed by atoms with van der Waals surface area (Å²) in [5, 5.41) is 2.96. The first kappa shape index (κ1) is 12.9. The van der Waals surface area contributed by atoms with Gasteiger partial charge in [-0.2, -0.15) is 0 Å². The van der Waals surface area contributed by atoms with Crippen LogP contribution in [0.25, 0.3) is 0 Å². The van der Waals surface area contributed by atoms with Crippen LogP contribution in [0.3, 0.4) is 0 Å². The Morgan fingerprint density at radius 3 is 2.44 bits per heavy atom. The second kappa shape index (κ2) is 5.40. The fourth-order valence-corrected chi connectivity index (χ4v) is 2.34. The maximum atomic E-state index is 12.0. The number of amides is 1. The van der Waals surface area contributed by atoms with E-state index >= 15 is 0 Å². The van der Waals surface area contributed by atoms with Crippen LogP contribution < -0.4 is 16.0 Å². The quantitative estimate of drug-likeness (QED) is 0.856. The summed E-state index contributed by atoms with van der Waals surface area (Å²) < 4.78 is 0. The number of carbonyl (C=O) groups is 1. The van der Waals surface area contributed by atoms with Crippen molar-refractivity contribution < 1.29 is 4.79 Å². The molecule has 98 valence electrons. The Labute approximate surface area is 108 Å². The summed E-state index contributed by atoms with van der Waals surface area (Å²) in [6, 6.07) is 8.05. The lowest BCUT2D eigenvalue weighted by Gasteiger charge is -2.14. The maximum absolute atomic E-state index is 12.0. The molecule has 4 nitrogen and oxygen atoms in total. The molecule has 1 aliphatic rings. The van der Waals surface area contributed by atoms with E-state index in [-0.39, 0.29) is 17.9 Å². The highest BCUT2D eigenvalue weighted by Gasteiger charge is 2.27. The molecule has 0 heterocycles. The predicted molar refractivity (Wildman–Crippen MR) is 74.7 cm³/mol. The van der Waals surface area contributed by atoms with Crippen LogP contribution >= 0.6 is 0 Å². The Morgan fingerprint density at radius 2 is 1.94 bits per heavy atom. The minimum atomic E-state index is 0.0773. The molecule has 0 aromatic heterocycles. The second-order valence-electron chi connectivity index (χ2n) is 5.20. The lowest BCUT2D eigenvalue weighted by molar-refractivity contribution is -0.119. The van der Waals surface area contributed by atoms with Crippen molar-refractivity contribution >= 4 is 17.3 Å². The standard InChI is InChI=1S/C14H21N3O/c1-17(2)13-7-5-12(6-8-13)16-14(18)10-3-4-11(15)9-10/h5-8,10-11H,3-4,9,15H2,1-2H3,(H,16,18). The van der Waals surface area contributed by atoms with E-state index in [1.54, 1.807) is 0 Å². The van der Waals surface area contributed by atoms with Gasteiger partial charge in [0.1, 0.15) is 0 Å². The predicted octanol–water partition coefficient (Wildman–Crippen LogP) is 1.82. The first-order chi connectivity index (χ1) is 8.56. The number of benzene rings is 1. The van der Waals surface area contributed by atoms with Gasteiger partial charge in [0, 0.05) is 37.4 Å². The van der Waals surface area contributed by atoms with Gasteiger partial charge in [-0.05, 0) is 43.5 Å². The van der Waals surface area contributed by atoms with E-state index in [2.05, 4.69) is 5.32 Å². The van der Waals surface area contributed by atoms with E-state index in [4.69, 9.17) is 5.73 Å². The fraction of sp³-hybridized carbons (Fsp3) is 0.500. The molecule has 2 rings (SSSR count). The molecule has 1 amide bonds. The molecule has 1 aromatic carbocycles. The highest BCUT2D eigenvalue weighted by molar-refractivity contribution is 5.92. The van der Waals surface area contributed by atoms with Crippen molar-refractivity contribution in [2.24, 2.45) is 11.7 Å². The molecule has 0 aliphatic heterocycles. The number of nitrogens with two attached hydrogens (primary N) is 1. The molecule has 0 radical (unpaired) electrons. The van der Waals surface area contributed by atoms with E-state index in [0.717, 1.165) is 30.6 Å². The van der Waals surface area contributed by atoms with Crippen molar-refractivity contribution in [2.75, 3.05) is 24.3 Å². The molecule has 4 heteroatoms. The molecule has 0 saturated heterocycles. The van der Waals surface area contributed by atoms with E-state index in [1.165, 1.54) is 0 Å². The molecule has 18 heavy (non-hydrogen) atoms. The van der Waals surface area contributed by atoms with Crippen molar-refractivity contribution in [3.05, 3.63) is 24.3 Å². The van der Waals surface area contributed by atoms with Gasteiger partial charge in [-0.3, -0.25) is 4.79 Å². The van der Waals surface area contributed by atoms with Crippen LogP contribution in [0.4, 0.5) is 11.4 Å². The molecule has 1 aliphatic carbocycles. The SMILES string of the molecule is CN(C)c1ccc(NC(=O)C2CCC(N)C2)cc1. The van der Waals surface area contributed by atoms with Crippen LogP contribution in [-0.4, -0.2) is 26.0 Å². The summed E-state index contributed by atoms with van der Waals surface area (Å²) in [6.45, 7) is 0. The molecule has 2 atom stereocenters. The topological polar surface area (TPSA) is 58.4 Å². The highest BCUT2D eigenvalue weighted by Crippen LogP contribution is 2.25. The Kier molecular flexibility index (Phi) is 3.87. The Balaban J connectivity index is 1.95. The smallest absolute Gasteiger partial charge is 0.227 e. The van der Waals surface area contributed by atoms with Gasteiger partial charge in [0.05, 0.1) is 0 Å². The zero-order valence-electron chi connectivity index (χ0n) is 11.0. The first-order valence-electron chi connectivity index (χ1n) is 6.40. The summed E-state index contributed by atoms with van der Waals surface area (Å²) in [5.74, 6) is 0.175. The molecule has 1 fully saturated rings. The maximum Gasteiger partial charge on any atom is 0.227 e. The zero-order valence-corrected chi connectivity index (χ0v) is 11.0. The average Bonchev–Trinajstić information content (AvgIpc) is 2.76. The Hall–Kier alpha value is -1.55. The molecular weight excluding hydrogens is 226 g/mol. The minimum Gasteiger partial charge on any atom is -0.378 e. The number of carbonyl (C=O) groups excluding carboxylic acids is 1. The van der Waals surface area contributed by atoms with Crippen molar-refractivity contribution in [1.82, 2.24) is 0 Å². The third-order valence-electron chi connectivity index (χ3n) is 3.50. The molecule has 0 bridgehead atoms. The normalized spacial score (nSPS) is 22.8. The average molecular weight is 247 g/mol. The Bertz CT molecular complexity index is 414. The van der Waals surface area contributed by atoms with Crippen molar-refractivity contribution in [1.29, 1.82) is 0 Å². The number of hydrogen-bond donors (Lipinski definition) is 2. The molecule has 0 spiro atoms. The van der Waals surface area contributed by atoms with Gasteiger partial charge in [-0.1, -0.05) is 0 Å². The lowest BCUT2D eigenvalue weighted by Crippen LogP contribution is -2.23. The highest BCUT2D eigenvalue weighted by atomic mass is 16.1. The van der Waals surface area contributed by atoms with Crippen LogP contribution in [0.2, 0.25) is 0 Å². The second-order valence-corrected chi connectivity index (χ2v) is 5.20. The van der Waals surface area contributed by atoms with Gasteiger partial charge in [-0.25, -0.2) is 0 Å². The Morgan fingerprint density at radius 1 is 1.28 bits per heavy atom. The summed E-state index contributed by atoms with van der Waals surface area (Å²) in [5.41, 5.74) is 7.80. The molecule has 1 saturated carbocycles. The van der Waals surface area contributed by atoms with E-state index in [0.29, 0.717) is 0 Å². The number of anilines is 2. The number of nitrogens with zero attached hydrogens (tertiary/aromatic N) is 1. The molecular formula is C14H21N3O. The zero-order chi connectivity index (χ0) is 13.1. The largest absolute Gasteiger partial charge is 0.378 e. The number of hydrogen-bond acceptors (Lipinski definition) is 3. The van der Waals surface area contributed by atoms with Gasteiger partial charge in [0.15, 0.2) is 0 Å². The summed E-state index contributed by atoms with van der Waals surface area (Å²) in [4.78, 5) is 14.0. The number of rotatable bonds is 3. The lowest BCUT2D eigenvalue weighted by atomic mass is 10.1. The van der Waals surface area contributed by atoms with Gasteiger partial charge in [-0.15, -0.1) is 0 Å². The monoisotopic (exact) mass is 247 g/mol.